The molecule has 0 aromatic heterocycles. The number of fused-ring (bicyclic) bond motifs is 2. The minimum Gasteiger partial charge on any atom is -0.432 e. The smallest absolute Gasteiger partial charge is 0.264 e. The lowest BCUT2D eigenvalue weighted by molar-refractivity contribution is -0.150. The number of hydrogen-bond donors (Lipinski definition) is 4. The fraction of sp³-hybridized carbons (Fsp3) is 0.400. The topological polar surface area (TPSA) is 145 Å². The fourth-order valence-corrected chi connectivity index (χ4v) is 10.7. The van der Waals surface area contributed by atoms with Crippen LogP contribution in [-0.2, 0) is 26.5 Å². The molecule has 3 heterocycles. The number of halogens is 1. The van der Waals surface area contributed by atoms with E-state index < -0.39 is 31.5 Å². The zero-order chi connectivity index (χ0) is 33.7. The Balaban J connectivity index is 1.30. The lowest BCUT2D eigenvalue weighted by atomic mass is 9.82. The Hall–Kier alpha value is -3.55. The van der Waals surface area contributed by atoms with Crippen molar-refractivity contribution in [1.29, 1.82) is 0 Å². The van der Waals surface area contributed by atoms with E-state index in [0.717, 1.165) is 22.9 Å². The summed E-state index contributed by atoms with van der Waals surface area (Å²) in [6.45, 7) is 6.32. The first-order valence-electron chi connectivity index (χ1n) is 16.0. The predicted octanol–water partition coefficient (Wildman–Crippen LogP) is 5.00. The highest BCUT2D eigenvalue weighted by Crippen LogP contribution is 2.60. The largest absolute Gasteiger partial charge is 0.432 e. The monoisotopic (exact) mass is 720 g/mol. The predicted molar refractivity (Wildman–Crippen MR) is 186 cm³/mol. The Kier molecular flexibility index (Phi) is 9.09. The highest BCUT2D eigenvalue weighted by atomic mass is 79.9. The second-order valence-electron chi connectivity index (χ2n) is 13.5. The van der Waals surface area contributed by atoms with Gasteiger partial charge in [0.15, 0.2) is 13.9 Å². The van der Waals surface area contributed by atoms with Crippen molar-refractivity contribution in [3.8, 4) is 0 Å². The van der Waals surface area contributed by atoms with Crippen LogP contribution in [0.5, 0.6) is 0 Å². The van der Waals surface area contributed by atoms with E-state index in [1.807, 2.05) is 56.4 Å². The summed E-state index contributed by atoms with van der Waals surface area (Å²) in [5.41, 5.74) is 7.79. The third-order valence-corrected chi connectivity index (χ3v) is 12.9. The molecule has 0 unspecified atom stereocenters. The van der Waals surface area contributed by atoms with Gasteiger partial charge >= 0.3 is 0 Å². The number of rotatable bonds is 8. The number of ether oxygens (including phenoxy) is 1. The van der Waals surface area contributed by atoms with Crippen LogP contribution in [0.15, 0.2) is 71.2 Å². The molecule has 3 aliphatic rings. The molecule has 1 spiro atoms. The van der Waals surface area contributed by atoms with Crippen LogP contribution >= 0.6 is 15.9 Å². The summed E-state index contributed by atoms with van der Waals surface area (Å²) in [5.74, 6) is -1.07. The second kappa shape index (κ2) is 12.8. The van der Waals surface area contributed by atoms with Gasteiger partial charge in [0.05, 0.1) is 37.4 Å². The van der Waals surface area contributed by atoms with Gasteiger partial charge in [-0.05, 0) is 86.1 Å². The van der Waals surface area contributed by atoms with Gasteiger partial charge in [0.1, 0.15) is 0 Å². The number of aliphatic hydroxyl groups is 1. The summed E-state index contributed by atoms with van der Waals surface area (Å²) < 4.78 is 7.63. The van der Waals surface area contributed by atoms with E-state index in [-0.39, 0.29) is 43.3 Å². The van der Waals surface area contributed by atoms with Gasteiger partial charge < -0.3 is 35.5 Å². The molecule has 12 heteroatoms. The van der Waals surface area contributed by atoms with E-state index in [0.29, 0.717) is 34.7 Å². The molecular weight excluding hydrogens is 680 g/mol. The van der Waals surface area contributed by atoms with Crippen molar-refractivity contribution in [3.05, 3.63) is 87.9 Å². The molecule has 0 bridgehead atoms. The van der Waals surface area contributed by atoms with Crippen LogP contribution in [-0.4, -0.2) is 66.1 Å². The summed E-state index contributed by atoms with van der Waals surface area (Å²) in [5, 5.41) is 12.8. The number of carbonyl (C=O) groups is 3. The molecule has 3 aromatic rings. The maximum Gasteiger partial charge on any atom is 0.264 e. The van der Waals surface area contributed by atoms with Crippen molar-refractivity contribution in [3.63, 3.8) is 0 Å². The van der Waals surface area contributed by atoms with Crippen LogP contribution in [0.1, 0.15) is 47.7 Å². The van der Waals surface area contributed by atoms with Crippen LogP contribution in [0.2, 0.25) is 18.6 Å². The third-order valence-electron chi connectivity index (χ3n) is 9.93. The highest BCUT2D eigenvalue weighted by molar-refractivity contribution is 9.10. The van der Waals surface area contributed by atoms with Gasteiger partial charge in [-0.2, -0.15) is 0 Å². The van der Waals surface area contributed by atoms with Gasteiger partial charge in [-0.15, -0.1) is 0 Å². The van der Waals surface area contributed by atoms with Crippen LogP contribution < -0.4 is 16.0 Å². The van der Waals surface area contributed by atoms with Gasteiger partial charge in [-0.3, -0.25) is 14.4 Å². The number of hydrogen-bond acceptors (Lipinski definition) is 7. The van der Waals surface area contributed by atoms with Crippen molar-refractivity contribution in [1.82, 2.24) is 4.90 Å². The first kappa shape index (κ1) is 33.4. The Morgan fingerprint density at radius 2 is 1.87 bits per heavy atom. The van der Waals surface area contributed by atoms with Gasteiger partial charge in [-0.25, -0.2) is 0 Å². The maximum absolute atomic E-state index is 14.8. The van der Waals surface area contributed by atoms with Crippen LogP contribution in [0.4, 0.5) is 17.1 Å². The number of amides is 3. The summed E-state index contributed by atoms with van der Waals surface area (Å²) >= 11 is 3.59. The lowest BCUT2D eigenvalue weighted by Gasteiger charge is -2.33. The molecular formula is C35H41BrN4O6Si. The molecule has 3 aliphatic heterocycles. The summed E-state index contributed by atoms with van der Waals surface area (Å²) in [7, 11) is -2.97. The number of nitrogens with two attached hydrogens (primary N) is 1. The van der Waals surface area contributed by atoms with E-state index in [1.54, 1.807) is 40.1 Å². The SMILES string of the molecule is C[C@@H]1[C@@H]([Si](C)(C)O)[C@H](CC(=O)N2CCC[C@H]2CO)O[C@@]12C(=O)N(Cc1cccc(NC(=O)c3ccc(N)cc3)c1)c1ccc(Br)cc12. The van der Waals surface area contributed by atoms with Crippen LogP contribution in [0.3, 0.4) is 0 Å². The van der Waals surface area contributed by atoms with E-state index in [1.165, 1.54) is 0 Å². The summed E-state index contributed by atoms with van der Waals surface area (Å²) in [6.07, 6.45) is 0.926. The van der Waals surface area contributed by atoms with Crippen molar-refractivity contribution in [2.75, 3.05) is 29.1 Å². The second-order valence-corrected chi connectivity index (χ2v) is 18.3. The standard InChI is InChI=1S/C35H41BrN4O6Si/c1-21-32(47(2,3)45)30(18-31(42)39-15-5-8-27(39)20-41)46-35(21)28-17-24(36)11-14-29(28)40(34(35)44)19-22-6-4-7-26(16-22)38-33(43)23-9-12-25(37)13-10-23/h4,6-7,9-14,16-17,21,27,30,32,41,45H,5,8,15,18-20,37H2,1-3H3,(H,38,43)/t21-,27+,30+,32-,35+/m1/s1. The van der Waals surface area contributed by atoms with E-state index >= 15 is 0 Å². The molecule has 5 atom stereocenters. The zero-order valence-electron chi connectivity index (χ0n) is 26.8. The van der Waals surface area contributed by atoms with Crippen LogP contribution in [0, 0.1) is 5.92 Å². The van der Waals surface area contributed by atoms with Crippen molar-refractivity contribution >= 4 is 59.0 Å². The molecule has 0 saturated carbocycles. The molecule has 248 valence electrons. The van der Waals surface area contributed by atoms with Gasteiger partial charge in [0.25, 0.3) is 11.8 Å². The van der Waals surface area contributed by atoms with Gasteiger partial charge in [0, 0.05) is 45.0 Å². The van der Waals surface area contributed by atoms with Gasteiger partial charge in [-0.1, -0.05) is 35.0 Å². The quantitative estimate of drug-likeness (QED) is 0.189. The Labute approximate surface area is 284 Å². The average molecular weight is 722 g/mol. The minimum atomic E-state index is -2.97. The molecule has 3 aromatic carbocycles. The molecule has 5 N–H and O–H groups in total. The number of nitrogen functional groups attached to an aromatic ring is 1. The molecule has 2 saturated heterocycles. The first-order valence-corrected chi connectivity index (χ1v) is 19.8. The highest BCUT2D eigenvalue weighted by Gasteiger charge is 2.66. The third kappa shape index (κ3) is 6.13. The van der Waals surface area contributed by atoms with Crippen molar-refractivity contribution in [2.24, 2.45) is 5.92 Å². The maximum atomic E-state index is 14.8. The molecule has 2 fully saturated rings. The normalized spacial score (nSPS) is 25.4. The number of carbonyl (C=O) groups excluding carboxylic acids is 3. The van der Waals surface area contributed by atoms with Crippen molar-refractivity contribution < 1.29 is 29.0 Å². The molecule has 6 rings (SSSR count). The fourth-order valence-electron chi connectivity index (χ4n) is 7.82. The minimum absolute atomic E-state index is 0.0244. The number of anilines is 3. The van der Waals surface area contributed by atoms with Crippen molar-refractivity contribution in [2.45, 2.75) is 69.1 Å². The number of aliphatic hydroxyl groups excluding tert-OH is 1. The summed E-state index contributed by atoms with van der Waals surface area (Å²) in [4.78, 5) is 56.2. The number of nitrogens with zero attached hydrogens (tertiary/aromatic N) is 2. The molecule has 0 aliphatic carbocycles. The van der Waals surface area contributed by atoms with E-state index in [2.05, 4.69) is 21.2 Å². The molecule has 0 radical (unpaired) electrons. The molecule has 10 nitrogen and oxygen atoms in total. The molecule has 47 heavy (non-hydrogen) atoms. The molecule has 3 amide bonds. The number of likely N-dealkylation sites (tertiary alicyclic amines) is 1. The summed E-state index contributed by atoms with van der Waals surface area (Å²) in [6, 6.07) is 19.5. The Morgan fingerprint density at radius 3 is 2.57 bits per heavy atom. The van der Waals surface area contributed by atoms with E-state index in [4.69, 9.17) is 10.5 Å². The Morgan fingerprint density at radius 1 is 1.13 bits per heavy atom. The number of benzene rings is 3. The number of nitrogens with one attached hydrogen (secondary N) is 1. The van der Waals surface area contributed by atoms with Gasteiger partial charge in [0.2, 0.25) is 5.91 Å². The average Bonchev–Trinajstić information content (AvgIpc) is 3.68. The first-order chi connectivity index (χ1) is 22.3. The van der Waals surface area contributed by atoms with Crippen LogP contribution in [0.25, 0.3) is 0 Å². The zero-order valence-corrected chi connectivity index (χ0v) is 29.4. The lowest BCUT2D eigenvalue weighted by Crippen LogP contribution is -2.46. The Bertz CT molecular complexity index is 1700. The van der Waals surface area contributed by atoms with E-state index in [9.17, 15) is 24.3 Å².